The molecule has 0 radical (unpaired) electrons. The Morgan fingerprint density at radius 1 is 0.788 bits per heavy atom. The molecule has 2 N–H and O–H groups in total. The first kappa shape index (κ1) is 24.4. The number of rotatable bonds is 7. The number of aliphatic hydroxyl groups excluding tert-OH is 1. The van der Waals surface area contributed by atoms with Crippen LogP contribution in [-0.4, -0.2) is 17.3 Å². The highest BCUT2D eigenvalue weighted by atomic mass is 19.4. The normalized spacial score (nSPS) is 13.4. The molecule has 0 aliphatic carbocycles. The highest BCUT2D eigenvalue weighted by Gasteiger charge is 2.39. The van der Waals surface area contributed by atoms with Crippen molar-refractivity contribution in [3.8, 4) is 11.1 Å². The van der Waals surface area contributed by atoms with Crippen molar-refractivity contribution >= 4 is 11.4 Å². The summed E-state index contributed by atoms with van der Waals surface area (Å²) in [7, 11) is 0. The maximum absolute atomic E-state index is 14.2. The average Bonchev–Trinajstić information content (AvgIpc) is 2.78. The van der Waals surface area contributed by atoms with E-state index in [2.05, 4.69) is 5.32 Å². The molecule has 1 atom stereocenters. The van der Waals surface area contributed by atoms with Crippen molar-refractivity contribution in [2.24, 2.45) is 0 Å². The zero-order valence-electron chi connectivity index (χ0n) is 19.3. The molecule has 3 rings (SSSR count). The van der Waals surface area contributed by atoms with Crippen LogP contribution in [-0.2, 0) is 0 Å². The third-order valence-electron chi connectivity index (χ3n) is 5.64. The van der Waals surface area contributed by atoms with E-state index in [0.717, 1.165) is 22.8 Å². The predicted molar refractivity (Wildman–Crippen MR) is 131 cm³/mol. The largest absolute Gasteiger partial charge is 0.508 e. The van der Waals surface area contributed by atoms with Crippen LogP contribution in [0.5, 0.6) is 0 Å². The van der Waals surface area contributed by atoms with E-state index in [-0.39, 0.29) is 11.8 Å². The maximum atomic E-state index is 14.2. The van der Waals surface area contributed by atoms with Gasteiger partial charge in [-0.3, -0.25) is 0 Å². The minimum absolute atomic E-state index is 0.0384. The SMILES string of the molecule is CC(C)c1cccc(C(C)C)c1NC(/C=C(\O)c1ccccc1-c1ccccc1)C(F)(F)F. The average molecular weight is 454 g/mol. The lowest BCUT2D eigenvalue weighted by Gasteiger charge is -2.26. The third-order valence-corrected chi connectivity index (χ3v) is 5.64. The number of hydrogen-bond donors (Lipinski definition) is 2. The molecule has 5 heteroatoms. The Labute approximate surface area is 193 Å². The molecule has 0 bridgehead atoms. The quantitative estimate of drug-likeness (QED) is 0.351. The van der Waals surface area contributed by atoms with Crippen LogP contribution in [0.25, 0.3) is 16.9 Å². The Hall–Kier alpha value is -3.21. The molecule has 0 saturated carbocycles. The maximum Gasteiger partial charge on any atom is 0.412 e. The Morgan fingerprint density at radius 2 is 1.33 bits per heavy atom. The van der Waals surface area contributed by atoms with Crippen molar-refractivity contribution in [2.75, 3.05) is 5.32 Å². The molecule has 1 unspecified atom stereocenters. The van der Waals surface area contributed by atoms with Crippen LogP contribution in [0.15, 0.2) is 78.9 Å². The molecule has 0 fully saturated rings. The van der Waals surface area contributed by atoms with Gasteiger partial charge in [-0.15, -0.1) is 0 Å². The van der Waals surface area contributed by atoms with Crippen molar-refractivity contribution in [3.63, 3.8) is 0 Å². The summed E-state index contributed by atoms with van der Waals surface area (Å²) in [6.07, 6.45) is -3.74. The minimum Gasteiger partial charge on any atom is -0.508 e. The summed E-state index contributed by atoms with van der Waals surface area (Å²) in [4.78, 5) is 0. The Morgan fingerprint density at radius 3 is 1.88 bits per heavy atom. The van der Waals surface area contributed by atoms with Gasteiger partial charge < -0.3 is 10.4 Å². The smallest absolute Gasteiger partial charge is 0.412 e. The molecular weight excluding hydrogens is 423 g/mol. The topological polar surface area (TPSA) is 32.3 Å². The number of benzene rings is 3. The van der Waals surface area contributed by atoms with E-state index in [9.17, 15) is 18.3 Å². The van der Waals surface area contributed by atoms with E-state index >= 15 is 0 Å². The van der Waals surface area contributed by atoms with Gasteiger partial charge in [-0.25, -0.2) is 0 Å². The third kappa shape index (κ3) is 5.78. The molecule has 0 aliphatic heterocycles. The zero-order chi connectivity index (χ0) is 24.2. The van der Waals surface area contributed by atoms with Crippen molar-refractivity contribution in [2.45, 2.75) is 51.7 Å². The lowest BCUT2D eigenvalue weighted by atomic mass is 9.92. The van der Waals surface area contributed by atoms with Gasteiger partial charge in [0.2, 0.25) is 0 Å². The van der Waals surface area contributed by atoms with E-state index < -0.39 is 18.0 Å². The van der Waals surface area contributed by atoms with Crippen LogP contribution in [0.1, 0.15) is 56.2 Å². The van der Waals surface area contributed by atoms with Gasteiger partial charge in [0, 0.05) is 11.3 Å². The lowest BCUT2D eigenvalue weighted by Crippen LogP contribution is -2.35. The monoisotopic (exact) mass is 453 g/mol. The number of alkyl halides is 3. The summed E-state index contributed by atoms with van der Waals surface area (Å²) in [6.45, 7) is 7.82. The fraction of sp³-hybridized carbons (Fsp3) is 0.286. The van der Waals surface area contributed by atoms with Crippen LogP contribution in [0.4, 0.5) is 18.9 Å². The Bertz CT molecular complexity index is 1080. The number of anilines is 1. The molecule has 0 saturated heterocycles. The van der Waals surface area contributed by atoms with E-state index in [1.165, 1.54) is 0 Å². The lowest BCUT2D eigenvalue weighted by molar-refractivity contribution is -0.132. The fourth-order valence-electron chi connectivity index (χ4n) is 3.91. The van der Waals surface area contributed by atoms with Gasteiger partial charge in [0.25, 0.3) is 0 Å². The van der Waals surface area contributed by atoms with Gasteiger partial charge in [-0.2, -0.15) is 13.2 Å². The number of hydrogen-bond acceptors (Lipinski definition) is 2. The summed E-state index contributed by atoms with van der Waals surface area (Å²) in [5.74, 6) is -0.342. The second-order valence-corrected chi connectivity index (χ2v) is 8.75. The van der Waals surface area contributed by atoms with Gasteiger partial charge in [0.15, 0.2) is 0 Å². The van der Waals surface area contributed by atoms with Crippen LogP contribution in [0.2, 0.25) is 0 Å². The molecular formula is C28H30F3NO. The highest BCUT2D eigenvalue weighted by molar-refractivity contribution is 5.79. The Balaban J connectivity index is 2.08. The molecule has 3 aromatic rings. The second kappa shape index (κ2) is 10.2. The second-order valence-electron chi connectivity index (χ2n) is 8.75. The Kier molecular flexibility index (Phi) is 7.52. The molecule has 2 nitrogen and oxygen atoms in total. The number of para-hydroxylation sites is 1. The van der Waals surface area contributed by atoms with Gasteiger partial charge in [-0.1, -0.05) is 100 Å². The predicted octanol–water partition coefficient (Wildman–Crippen LogP) is 8.54. The van der Waals surface area contributed by atoms with E-state index in [0.29, 0.717) is 16.8 Å². The van der Waals surface area contributed by atoms with Gasteiger partial charge in [0.05, 0.1) is 0 Å². The number of halogens is 3. The van der Waals surface area contributed by atoms with Crippen LogP contribution < -0.4 is 5.32 Å². The number of aliphatic hydroxyl groups is 1. The van der Waals surface area contributed by atoms with Crippen molar-refractivity contribution in [1.29, 1.82) is 0 Å². The molecule has 0 spiro atoms. The van der Waals surface area contributed by atoms with Crippen molar-refractivity contribution in [3.05, 3.63) is 95.6 Å². The molecule has 3 aromatic carbocycles. The first-order valence-electron chi connectivity index (χ1n) is 11.1. The van der Waals surface area contributed by atoms with E-state index in [4.69, 9.17) is 0 Å². The first-order chi connectivity index (χ1) is 15.6. The summed E-state index contributed by atoms with van der Waals surface area (Å²) < 4.78 is 42.5. The summed E-state index contributed by atoms with van der Waals surface area (Å²) in [5.41, 5.74) is 3.93. The molecule has 0 aliphatic rings. The highest BCUT2D eigenvalue weighted by Crippen LogP contribution is 2.36. The van der Waals surface area contributed by atoms with Gasteiger partial charge in [-0.05, 0) is 40.2 Å². The molecule has 0 amide bonds. The van der Waals surface area contributed by atoms with E-state index in [1.54, 1.807) is 24.3 Å². The van der Waals surface area contributed by atoms with Gasteiger partial charge in [0.1, 0.15) is 11.8 Å². The molecule has 0 aromatic heterocycles. The molecule has 174 valence electrons. The summed E-state index contributed by atoms with van der Waals surface area (Å²) in [6, 6.07) is 19.7. The van der Waals surface area contributed by atoms with Crippen molar-refractivity contribution < 1.29 is 18.3 Å². The number of nitrogens with one attached hydrogen (secondary N) is 1. The first-order valence-corrected chi connectivity index (χ1v) is 11.1. The van der Waals surface area contributed by atoms with E-state index in [1.807, 2.05) is 76.2 Å². The van der Waals surface area contributed by atoms with Crippen molar-refractivity contribution in [1.82, 2.24) is 0 Å². The minimum atomic E-state index is -4.60. The fourth-order valence-corrected chi connectivity index (χ4v) is 3.91. The van der Waals surface area contributed by atoms with Crippen LogP contribution in [0.3, 0.4) is 0 Å². The summed E-state index contributed by atoms with van der Waals surface area (Å²) in [5, 5.41) is 13.6. The summed E-state index contributed by atoms with van der Waals surface area (Å²) >= 11 is 0. The van der Waals surface area contributed by atoms with Crippen LogP contribution in [0, 0.1) is 0 Å². The van der Waals surface area contributed by atoms with Gasteiger partial charge >= 0.3 is 6.18 Å². The zero-order valence-corrected chi connectivity index (χ0v) is 19.3. The standard InChI is InChI=1S/C28H30F3NO/c1-18(2)21-15-10-16-22(19(3)4)27(21)32-26(28(29,30)31)17-25(33)24-14-9-8-13-23(24)20-11-6-5-7-12-20/h5-19,26,32-33H,1-4H3/b25-17-. The van der Waals surface area contributed by atoms with Crippen LogP contribution >= 0.6 is 0 Å². The molecule has 0 heterocycles. The molecule has 33 heavy (non-hydrogen) atoms.